The van der Waals surface area contributed by atoms with E-state index in [9.17, 15) is 14.7 Å². The zero-order valence-corrected chi connectivity index (χ0v) is 21.7. The van der Waals surface area contributed by atoms with E-state index in [1.54, 1.807) is 4.90 Å². The first-order chi connectivity index (χ1) is 15.3. The van der Waals surface area contributed by atoms with Crippen molar-refractivity contribution >= 4 is 29.7 Å². The lowest BCUT2D eigenvalue weighted by molar-refractivity contribution is -0.137. The minimum atomic E-state index is -0.742. The van der Waals surface area contributed by atoms with Crippen LogP contribution in [0.25, 0.3) is 6.08 Å². The Morgan fingerprint density at radius 1 is 0.970 bits per heavy atom. The van der Waals surface area contributed by atoms with E-state index >= 15 is 0 Å². The van der Waals surface area contributed by atoms with E-state index in [-0.39, 0.29) is 23.2 Å². The Hall–Kier alpha value is -2.21. The average Bonchev–Trinajstić information content (AvgIpc) is 2.69. The number of phenolic OH excluding ortho intramolecular Hbond substituents is 1. The molecule has 2 N–H and O–H groups in total. The highest BCUT2D eigenvalue weighted by atomic mass is 32.2. The third kappa shape index (κ3) is 7.95. The van der Waals surface area contributed by atoms with E-state index in [2.05, 4.69) is 41.5 Å². The van der Waals surface area contributed by atoms with E-state index in [1.807, 2.05) is 29.8 Å². The van der Waals surface area contributed by atoms with E-state index in [0.717, 1.165) is 42.4 Å². The number of unbranched alkanes of at least 4 members (excludes halogenated alkanes) is 4. The van der Waals surface area contributed by atoms with Crippen molar-refractivity contribution in [3.05, 3.63) is 45.3 Å². The summed E-state index contributed by atoms with van der Waals surface area (Å²) in [6.45, 7) is 13.1. The second kappa shape index (κ2) is 11.3. The van der Waals surface area contributed by atoms with Gasteiger partial charge < -0.3 is 15.1 Å². The third-order valence-electron chi connectivity index (χ3n) is 5.74. The smallest absolute Gasteiger partial charge is 0.303 e. The van der Waals surface area contributed by atoms with Gasteiger partial charge in [0.1, 0.15) is 5.75 Å². The summed E-state index contributed by atoms with van der Waals surface area (Å²) >= 11 is 1.43. The molecule has 2 rings (SSSR count). The van der Waals surface area contributed by atoms with Crippen LogP contribution in [-0.4, -0.2) is 33.5 Å². The Balaban J connectivity index is 2.13. The molecule has 0 spiro atoms. The monoisotopic (exact) mass is 473 g/mol. The molecule has 0 bridgehead atoms. The molecule has 0 saturated heterocycles. The quantitative estimate of drug-likeness (QED) is 0.305. The molecule has 1 amide bonds. The summed E-state index contributed by atoms with van der Waals surface area (Å²) in [4.78, 5) is 26.1. The topological polar surface area (TPSA) is 77.8 Å². The molecular weight excluding hydrogens is 434 g/mol. The lowest BCUT2D eigenvalue weighted by Gasteiger charge is -2.28. The van der Waals surface area contributed by atoms with E-state index in [1.165, 1.54) is 11.8 Å². The van der Waals surface area contributed by atoms with Crippen molar-refractivity contribution in [1.82, 2.24) is 4.90 Å². The summed E-state index contributed by atoms with van der Waals surface area (Å²) in [5, 5.41) is 21.6. The van der Waals surface area contributed by atoms with Crippen LogP contribution >= 0.6 is 11.8 Å². The van der Waals surface area contributed by atoms with Gasteiger partial charge in [0.25, 0.3) is 5.91 Å². The molecule has 0 saturated carbocycles. The predicted octanol–water partition coefficient (Wildman–Crippen LogP) is 6.80. The molecule has 0 radical (unpaired) electrons. The van der Waals surface area contributed by atoms with Gasteiger partial charge >= 0.3 is 5.97 Å². The predicted molar refractivity (Wildman–Crippen MR) is 137 cm³/mol. The van der Waals surface area contributed by atoms with Crippen LogP contribution in [0, 0.1) is 0 Å². The number of rotatable bonds is 9. The van der Waals surface area contributed by atoms with Crippen LogP contribution in [0.3, 0.4) is 0 Å². The number of carbonyl (C=O) groups is 2. The molecule has 1 aliphatic rings. The minimum Gasteiger partial charge on any atom is -0.507 e. The Morgan fingerprint density at radius 3 is 2.06 bits per heavy atom. The van der Waals surface area contributed by atoms with Crippen molar-refractivity contribution in [3.63, 3.8) is 0 Å². The van der Waals surface area contributed by atoms with Crippen molar-refractivity contribution in [3.8, 4) is 5.75 Å². The molecular formula is C27H39NO4S. The summed E-state index contributed by atoms with van der Waals surface area (Å²) in [7, 11) is 0. The highest BCUT2D eigenvalue weighted by Gasteiger charge is 2.27. The summed E-state index contributed by atoms with van der Waals surface area (Å²) in [6, 6.07) is 3.98. The number of carboxylic acids is 1. The number of phenols is 1. The van der Waals surface area contributed by atoms with Crippen LogP contribution in [0.15, 0.2) is 28.6 Å². The molecule has 182 valence electrons. The lowest BCUT2D eigenvalue weighted by Crippen LogP contribution is -2.29. The number of hydrogen-bond acceptors (Lipinski definition) is 4. The molecule has 6 heteroatoms. The summed E-state index contributed by atoms with van der Waals surface area (Å²) in [5.41, 5.74) is 2.24. The number of aromatic hydroxyl groups is 1. The maximum Gasteiger partial charge on any atom is 0.303 e. The molecule has 0 aromatic heterocycles. The van der Waals surface area contributed by atoms with Crippen molar-refractivity contribution < 1.29 is 19.8 Å². The molecule has 1 aromatic rings. The zero-order chi connectivity index (χ0) is 24.8. The fourth-order valence-corrected chi connectivity index (χ4v) is 4.61. The molecule has 1 aliphatic heterocycles. The maximum absolute atomic E-state index is 13.1. The van der Waals surface area contributed by atoms with Crippen LogP contribution in [0.2, 0.25) is 0 Å². The number of aliphatic carboxylic acids is 1. The van der Waals surface area contributed by atoms with Crippen LogP contribution in [0.1, 0.15) is 96.8 Å². The first-order valence-electron chi connectivity index (χ1n) is 11.8. The standard InChI is InChI=1S/C27H39NO4S/c1-26(2,3)20-16-19(17-21(24(20)31)27(4,5)6)18-22-25(32)28(14-15-33-22)13-11-9-7-8-10-12-23(29)30/h14-18,31H,7-13H2,1-6H3,(H,29,30)/b22-18-. The second-order valence-electron chi connectivity index (χ2n) is 10.8. The average molecular weight is 474 g/mol. The molecule has 0 unspecified atom stereocenters. The number of thioether (sulfide) groups is 1. The van der Waals surface area contributed by atoms with E-state index in [4.69, 9.17) is 5.11 Å². The fraction of sp³-hybridized carbons (Fsp3) is 0.556. The number of carbonyl (C=O) groups excluding carboxylic acids is 1. The van der Waals surface area contributed by atoms with Crippen molar-refractivity contribution in [1.29, 1.82) is 0 Å². The van der Waals surface area contributed by atoms with Gasteiger partial charge in [0.2, 0.25) is 0 Å². The minimum absolute atomic E-state index is 0.00364. The molecule has 0 atom stereocenters. The van der Waals surface area contributed by atoms with Gasteiger partial charge in [0, 0.05) is 30.3 Å². The number of hydrogen-bond donors (Lipinski definition) is 2. The number of nitrogens with zero attached hydrogens (tertiary/aromatic N) is 1. The SMILES string of the molecule is CC(C)(C)c1cc(/C=C2\SC=CN(CCCCCCCC(=O)O)C2=O)cc(C(C)(C)C)c1O. The molecule has 0 aliphatic carbocycles. The van der Waals surface area contributed by atoms with Crippen molar-refractivity contribution in [2.45, 2.75) is 90.9 Å². The lowest BCUT2D eigenvalue weighted by atomic mass is 9.78. The molecule has 1 aromatic carbocycles. The van der Waals surface area contributed by atoms with Gasteiger partial charge in [-0.1, -0.05) is 72.6 Å². The summed E-state index contributed by atoms with van der Waals surface area (Å²) in [5.74, 6) is -0.408. The number of amides is 1. The summed E-state index contributed by atoms with van der Waals surface area (Å²) < 4.78 is 0. The van der Waals surface area contributed by atoms with E-state index in [0.29, 0.717) is 23.6 Å². The Labute approximate surface area is 203 Å². The summed E-state index contributed by atoms with van der Waals surface area (Å²) in [6.07, 6.45) is 8.46. The largest absolute Gasteiger partial charge is 0.507 e. The highest BCUT2D eigenvalue weighted by molar-refractivity contribution is 8.06. The normalized spacial score (nSPS) is 16.0. The van der Waals surface area contributed by atoms with Crippen LogP contribution in [-0.2, 0) is 20.4 Å². The van der Waals surface area contributed by atoms with Gasteiger partial charge in [-0.3, -0.25) is 9.59 Å². The van der Waals surface area contributed by atoms with Gasteiger partial charge in [-0.05, 0) is 52.9 Å². The van der Waals surface area contributed by atoms with Gasteiger partial charge in [-0.25, -0.2) is 0 Å². The zero-order valence-electron chi connectivity index (χ0n) is 20.9. The van der Waals surface area contributed by atoms with Gasteiger partial charge in [-0.15, -0.1) is 0 Å². The Bertz CT molecular complexity index is 884. The second-order valence-corrected chi connectivity index (χ2v) is 11.7. The Kier molecular flexibility index (Phi) is 9.24. The van der Waals surface area contributed by atoms with Crippen LogP contribution in [0.5, 0.6) is 5.75 Å². The molecule has 33 heavy (non-hydrogen) atoms. The number of carboxylic acid groups (broad SMARTS) is 1. The molecule has 0 fully saturated rings. The van der Waals surface area contributed by atoms with Gasteiger partial charge in [0.05, 0.1) is 4.91 Å². The number of benzene rings is 1. The molecule has 1 heterocycles. The van der Waals surface area contributed by atoms with Gasteiger partial charge in [-0.2, -0.15) is 0 Å². The van der Waals surface area contributed by atoms with Crippen molar-refractivity contribution in [2.75, 3.05) is 6.54 Å². The van der Waals surface area contributed by atoms with E-state index < -0.39 is 5.97 Å². The van der Waals surface area contributed by atoms with Crippen LogP contribution in [0.4, 0.5) is 0 Å². The first-order valence-corrected chi connectivity index (χ1v) is 12.6. The van der Waals surface area contributed by atoms with Crippen molar-refractivity contribution in [2.24, 2.45) is 0 Å². The molecule has 5 nitrogen and oxygen atoms in total. The van der Waals surface area contributed by atoms with Crippen LogP contribution < -0.4 is 0 Å². The first kappa shape index (κ1) is 27.0. The third-order valence-corrected chi connectivity index (χ3v) is 6.55. The Morgan fingerprint density at radius 2 is 1.52 bits per heavy atom. The fourth-order valence-electron chi connectivity index (χ4n) is 3.83. The van der Waals surface area contributed by atoms with Gasteiger partial charge in [0.15, 0.2) is 0 Å². The maximum atomic E-state index is 13.1. The highest BCUT2D eigenvalue weighted by Crippen LogP contribution is 2.40.